The molecular weight excluding hydrogens is 522 g/mol. The Hall–Kier alpha value is -5.54. The van der Waals surface area contributed by atoms with Gasteiger partial charge in [0.1, 0.15) is 12.0 Å². The molecular formula is C40H31N3. The molecule has 0 amide bonds. The van der Waals surface area contributed by atoms with Crippen LogP contribution in [0.25, 0.3) is 33.4 Å². The lowest BCUT2D eigenvalue weighted by molar-refractivity contribution is 0.383. The van der Waals surface area contributed by atoms with Crippen molar-refractivity contribution in [3.8, 4) is 33.4 Å². The van der Waals surface area contributed by atoms with Gasteiger partial charge in [-0.3, -0.25) is 0 Å². The first-order valence-corrected chi connectivity index (χ1v) is 14.6. The van der Waals surface area contributed by atoms with Crippen molar-refractivity contribution in [1.29, 1.82) is 0 Å². The molecule has 0 N–H and O–H groups in total. The molecule has 7 rings (SSSR count). The molecule has 6 aromatic carbocycles. The van der Waals surface area contributed by atoms with E-state index in [1.807, 2.05) is 18.2 Å². The van der Waals surface area contributed by atoms with Crippen LogP contribution in [-0.2, 0) is 0 Å². The van der Waals surface area contributed by atoms with Gasteiger partial charge in [0.05, 0.1) is 0 Å². The van der Waals surface area contributed by atoms with E-state index in [0.29, 0.717) is 0 Å². The van der Waals surface area contributed by atoms with E-state index in [0.717, 1.165) is 28.4 Å². The summed E-state index contributed by atoms with van der Waals surface area (Å²) in [6.07, 6.45) is -0.213. The van der Waals surface area contributed by atoms with E-state index in [1.165, 1.54) is 33.4 Å². The van der Waals surface area contributed by atoms with Crippen molar-refractivity contribution in [1.82, 2.24) is 4.90 Å². The lowest BCUT2D eigenvalue weighted by Crippen LogP contribution is -2.35. The van der Waals surface area contributed by atoms with Gasteiger partial charge < -0.3 is 4.90 Å². The second-order valence-electron chi connectivity index (χ2n) is 10.7. The Morgan fingerprint density at radius 1 is 0.395 bits per heavy atom. The number of amidine groups is 2. The van der Waals surface area contributed by atoms with Crippen molar-refractivity contribution >= 4 is 11.7 Å². The van der Waals surface area contributed by atoms with E-state index in [2.05, 4.69) is 158 Å². The van der Waals surface area contributed by atoms with Crippen LogP contribution in [0, 0.1) is 0 Å². The van der Waals surface area contributed by atoms with E-state index in [9.17, 15) is 0 Å². The highest BCUT2D eigenvalue weighted by atomic mass is 15.3. The van der Waals surface area contributed by atoms with Gasteiger partial charge in [-0.1, -0.05) is 164 Å². The van der Waals surface area contributed by atoms with Gasteiger partial charge in [-0.2, -0.15) is 0 Å². The van der Waals surface area contributed by atoms with Gasteiger partial charge in [0, 0.05) is 18.2 Å². The Morgan fingerprint density at radius 2 is 0.744 bits per heavy atom. The van der Waals surface area contributed by atoms with Crippen LogP contribution in [0.15, 0.2) is 174 Å². The third-order valence-electron chi connectivity index (χ3n) is 7.97. The molecule has 0 saturated carbocycles. The van der Waals surface area contributed by atoms with E-state index in [1.54, 1.807) is 0 Å². The molecule has 0 saturated heterocycles. The monoisotopic (exact) mass is 553 g/mol. The van der Waals surface area contributed by atoms with Crippen molar-refractivity contribution in [2.24, 2.45) is 9.98 Å². The Morgan fingerprint density at radius 3 is 1.19 bits per heavy atom. The van der Waals surface area contributed by atoms with Crippen LogP contribution in [0.5, 0.6) is 0 Å². The Balaban J connectivity index is 1.26. The molecule has 43 heavy (non-hydrogen) atoms. The maximum atomic E-state index is 5.20. The first kappa shape index (κ1) is 26.4. The fourth-order valence-corrected chi connectivity index (χ4v) is 5.59. The summed E-state index contributed by atoms with van der Waals surface area (Å²) < 4.78 is 0. The summed E-state index contributed by atoms with van der Waals surface area (Å²) in [6, 6.07) is 57.3. The van der Waals surface area contributed by atoms with Crippen LogP contribution in [0.3, 0.4) is 0 Å². The fraction of sp³-hybridized carbons (Fsp3) is 0.0500. The highest BCUT2D eigenvalue weighted by molar-refractivity contribution is 6.13. The molecule has 3 nitrogen and oxygen atoms in total. The number of nitrogens with zero attached hydrogens (tertiary/aromatic N) is 3. The molecule has 1 atom stereocenters. The minimum atomic E-state index is -0.213. The molecule has 0 fully saturated rings. The third-order valence-corrected chi connectivity index (χ3v) is 7.97. The van der Waals surface area contributed by atoms with Crippen LogP contribution < -0.4 is 0 Å². The van der Waals surface area contributed by atoms with Crippen molar-refractivity contribution < 1.29 is 0 Å². The quantitative estimate of drug-likeness (QED) is 0.202. The van der Waals surface area contributed by atoms with Crippen LogP contribution in [-0.4, -0.2) is 23.6 Å². The summed E-state index contributed by atoms with van der Waals surface area (Å²) >= 11 is 0. The van der Waals surface area contributed by atoms with Crippen LogP contribution in [0.4, 0.5) is 0 Å². The smallest absolute Gasteiger partial charge is 0.159 e. The van der Waals surface area contributed by atoms with Crippen LogP contribution in [0.1, 0.15) is 22.9 Å². The number of aliphatic imine (C=N–C) groups is 2. The first-order chi connectivity index (χ1) is 21.2. The van der Waals surface area contributed by atoms with Crippen molar-refractivity contribution in [2.75, 3.05) is 7.05 Å². The van der Waals surface area contributed by atoms with Crippen molar-refractivity contribution in [2.45, 2.75) is 6.17 Å². The first-order valence-electron chi connectivity index (χ1n) is 14.6. The molecule has 1 heterocycles. The zero-order valence-electron chi connectivity index (χ0n) is 24.0. The van der Waals surface area contributed by atoms with Gasteiger partial charge in [-0.05, 0) is 38.9 Å². The summed E-state index contributed by atoms with van der Waals surface area (Å²) in [7, 11) is 2.08. The van der Waals surface area contributed by atoms with E-state index < -0.39 is 0 Å². The molecule has 0 aliphatic carbocycles. The Bertz CT molecular complexity index is 1870. The maximum Gasteiger partial charge on any atom is 0.159 e. The maximum absolute atomic E-state index is 5.20. The van der Waals surface area contributed by atoms with Crippen molar-refractivity contribution in [3.63, 3.8) is 0 Å². The van der Waals surface area contributed by atoms with Crippen LogP contribution in [0.2, 0.25) is 0 Å². The van der Waals surface area contributed by atoms with Gasteiger partial charge in [0.15, 0.2) is 5.84 Å². The summed E-state index contributed by atoms with van der Waals surface area (Å²) in [6.45, 7) is 0. The minimum Gasteiger partial charge on any atom is -0.333 e. The second kappa shape index (κ2) is 11.8. The number of hydrogen-bond donors (Lipinski definition) is 0. The van der Waals surface area contributed by atoms with E-state index >= 15 is 0 Å². The predicted octanol–water partition coefficient (Wildman–Crippen LogP) is 9.53. The molecule has 1 aliphatic heterocycles. The number of hydrogen-bond acceptors (Lipinski definition) is 3. The second-order valence-corrected chi connectivity index (χ2v) is 10.7. The average molecular weight is 554 g/mol. The normalized spacial score (nSPS) is 14.6. The molecule has 1 unspecified atom stereocenters. The topological polar surface area (TPSA) is 28.0 Å². The predicted molar refractivity (Wildman–Crippen MR) is 179 cm³/mol. The highest BCUT2D eigenvalue weighted by Crippen LogP contribution is 2.31. The lowest BCUT2D eigenvalue weighted by Gasteiger charge is -2.32. The van der Waals surface area contributed by atoms with E-state index in [4.69, 9.17) is 9.98 Å². The van der Waals surface area contributed by atoms with Gasteiger partial charge in [-0.15, -0.1) is 0 Å². The summed E-state index contributed by atoms with van der Waals surface area (Å²) in [5.41, 5.74) is 10.3. The zero-order valence-corrected chi connectivity index (χ0v) is 24.0. The standard InChI is InChI=1S/C40H31N3/c1-43-39(36-25-19-33(20-26-36)30-13-7-3-8-14-30)41-38(35-23-17-32(18-24-35)29-11-5-2-6-12-29)42-40(43)37-27-21-34(22-28-37)31-15-9-4-10-16-31/h2-28,39H,1H3. The molecule has 206 valence electrons. The summed E-state index contributed by atoms with van der Waals surface area (Å²) in [5.74, 6) is 1.63. The summed E-state index contributed by atoms with van der Waals surface area (Å²) in [5, 5.41) is 0. The van der Waals surface area contributed by atoms with Crippen molar-refractivity contribution in [3.05, 3.63) is 180 Å². The largest absolute Gasteiger partial charge is 0.333 e. The molecule has 0 radical (unpaired) electrons. The average Bonchev–Trinajstić information content (AvgIpc) is 3.10. The number of rotatable bonds is 6. The van der Waals surface area contributed by atoms with Gasteiger partial charge in [0.2, 0.25) is 0 Å². The number of benzene rings is 6. The molecule has 3 heteroatoms. The molecule has 0 bridgehead atoms. The molecule has 1 aliphatic rings. The van der Waals surface area contributed by atoms with Crippen LogP contribution >= 0.6 is 0 Å². The molecule has 6 aromatic rings. The fourth-order valence-electron chi connectivity index (χ4n) is 5.59. The van der Waals surface area contributed by atoms with Gasteiger partial charge in [0.25, 0.3) is 0 Å². The minimum absolute atomic E-state index is 0.213. The zero-order chi connectivity index (χ0) is 29.0. The Kier molecular flexibility index (Phi) is 7.21. The molecule has 0 spiro atoms. The van der Waals surface area contributed by atoms with Gasteiger partial charge >= 0.3 is 0 Å². The van der Waals surface area contributed by atoms with Gasteiger partial charge in [-0.25, -0.2) is 9.98 Å². The Labute approximate surface area is 253 Å². The lowest BCUT2D eigenvalue weighted by atomic mass is 10.0. The molecule has 0 aromatic heterocycles. The highest BCUT2D eigenvalue weighted by Gasteiger charge is 2.27. The van der Waals surface area contributed by atoms with E-state index in [-0.39, 0.29) is 6.17 Å². The third kappa shape index (κ3) is 5.53. The SMILES string of the molecule is CN1C(c2ccc(-c3ccccc3)cc2)=NC(c2ccc(-c3ccccc3)cc2)=NC1c1ccc(-c2ccccc2)cc1. The summed E-state index contributed by atoms with van der Waals surface area (Å²) in [4.78, 5) is 12.5.